The molecule has 14 heteroatoms. The first kappa shape index (κ1) is 33.9. The van der Waals surface area contributed by atoms with Gasteiger partial charge in [0.2, 0.25) is 11.8 Å². The lowest BCUT2D eigenvalue weighted by Gasteiger charge is -2.37. The van der Waals surface area contributed by atoms with Crippen molar-refractivity contribution in [1.82, 2.24) is 25.3 Å². The number of piperidine rings is 1. The van der Waals surface area contributed by atoms with Gasteiger partial charge in [-0.3, -0.25) is 34.3 Å². The predicted octanol–water partition coefficient (Wildman–Crippen LogP) is 4.51. The van der Waals surface area contributed by atoms with Crippen LogP contribution in [0.15, 0.2) is 64.6 Å². The molecule has 0 radical (unpaired) electrons. The summed E-state index contributed by atoms with van der Waals surface area (Å²) in [6.07, 6.45) is 8.98. The Morgan fingerprint density at radius 2 is 1.73 bits per heavy atom. The SMILES string of the molecule is O=C1CCC(N2C(=O)c3ccc(N4CCN(CCCO[C@H]5C[C@H](Oc6ccc(/C=C/c7cc(-c8nccs8)on7)cc6)C5)CC4)cc3C2=O)C(=O)N1. The Kier molecular flexibility index (Phi) is 9.67. The maximum Gasteiger partial charge on any atom is 0.262 e. The molecule has 4 amide bonds. The Hall–Kier alpha value is -5.18. The van der Waals surface area contributed by atoms with Gasteiger partial charge >= 0.3 is 0 Å². The summed E-state index contributed by atoms with van der Waals surface area (Å²) in [6, 6.07) is 14.2. The minimum Gasteiger partial charge on any atom is -0.490 e. The van der Waals surface area contributed by atoms with Crippen molar-refractivity contribution in [2.75, 3.05) is 44.2 Å². The topological polar surface area (TPSA) is 147 Å². The third-order valence-electron chi connectivity index (χ3n) is 9.99. The molecule has 1 aliphatic carbocycles. The van der Waals surface area contributed by atoms with Crippen LogP contribution in [0, 0.1) is 0 Å². The lowest BCUT2D eigenvalue weighted by atomic mass is 9.92. The highest BCUT2D eigenvalue weighted by molar-refractivity contribution is 7.13. The molecule has 3 fully saturated rings. The van der Waals surface area contributed by atoms with Crippen LogP contribution in [0.3, 0.4) is 0 Å². The van der Waals surface area contributed by atoms with Crippen LogP contribution in [-0.2, 0) is 14.3 Å². The lowest BCUT2D eigenvalue weighted by molar-refractivity contribution is -0.136. The number of carbonyl (C=O) groups excluding carboxylic acids is 4. The number of anilines is 1. The van der Waals surface area contributed by atoms with E-state index in [1.54, 1.807) is 18.3 Å². The highest BCUT2D eigenvalue weighted by atomic mass is 32.1. The molecule has 13 nitrogen and oxygen atoms in total. The van der Waals surface area contributed by atoms with E-state index in [4.69, 9.17) is 14.0 Å². The van der Waals surface area contributed by atoms with Gasteiger partial charge in [-0.2, -0.15) is 0 Å². The quantitative estimate of drug-likeness (QED) is 0.163. The number of rotatable bonds is 12. The number of fused-ring (bicyclic) bond motifs is 1. The van der Waals surface area contributed by atoms with Crippen molar-refractivity contribution in [2.24, 2.45) is 0 Å². The van der Waals surface area contributed by atoms with E-state index in [9.17, 15) is 19.2 Å². The molecule has 5 heterocycles. The third kappa shape index (κ3) is 7.27. The number of ether oxygens (including phenoxy) is 2. The number of hydrogen-bond donors (Lipinski definition) is 1. The van der Waals surface area contributed by atoms with Crippen molar-refractivity contribution in [1.29, 1.82) is 0 Å². The maximum atomic E-state index is 13.2. The number of aromatic nitrogens is 2. The summed E-state index contributed by atoms with van der Waals surface area (Å²) in [6.45, 7) is 5.02. The molecule has 1 atom stereocenters. The van der Waals surface area contributed by atoms with Crippen LogP contribution in [0.2, 0.25) is 0 Å². The zero-order valence-corrected chi connectivity index (χ0v) is 29.3. The minimum absolute atomic E-state index is 0.0980. The van der Waals surface area contributed by atoms with Crippen LogP contribution in [0.25, 0.3) is 22.9 Å². The summed E-state index contributed by atoms with van der Waals surface area (Å²) in [5.41, 5.74) is 3.27. The molecule has 1 unspecified atom stereocenters. The van der Waals surface area contributed by atoms with Gasteiger partial charge in [-0.25, -0.2) is 4.98 Å². The molecule has 2 saturated heterocycles. The van der Waals surface area contributed by atoms with Crippen LogP contribution in [0.5, 0.6) is 5.75 Å². The summed E-state index contributed by atoms with van der Waals surface area (Å²) >= 11 is 1.51. The molecule has 2 aromatic carbocycles. The van der Waals surface area contributed by atoms with Gasteiger partial charge in [0.1, 0.15) is 23.6 Å². The molecule has 2 aromatic heterocycles. The lowest BCUT2D eigenvalue weighted by Crippen LogP contribution is -2.54. The fourth-order valence-corrected chi connectivity index (χ4v) is 7.60. The smallest absolute Gasteiger partial charge is 0.262 e. The van der Waals surface area contributed by atoms with E-state index in [2.05, 4.69) is 25.3 Å². The van der Waals surface area contributed by atoms with E-state index in [0.717, 1.165) is 84.6 Å². The Morgan fingerprint density at radius 1 is 0.923 bits per heavy atom. The van der Waals surface area contributed by atoms with Crippen LogP contribution in [-0.4, -0.2) is 101 Å². The highest BCUT2D eigenvalue weighted by Gasteiger charge is 2.44. The summed E-state index contributed by atoms with van der Waals surface area (Å²) in [4.78, 5) is 60.1. The van der Waals surface area contributed by atoms with Crippen LogP contribution < -0.4 is 15.0 Å². The molecule has 52 heavy (non-hydrogen) atoms. The Balaban J connectivity index is 0.718. The average Bonchev–Trinajstić information content (AvgIpc) is 3.90. The molecule has 268 valence electrons. The first-order valence-electron chi connectivity index (χ1n) is 17.6. The molecular weight excluding hydrogens is 685 g/mol. The van der Waals surface area contributed by atoms with E-state index in [0.29, 0.717) is 23.5 Å². The predicted molar refractivity (Wildman–Crippen MR) is 193 cm³/mol. The van der Waals surface area contributed by atoms with E-state index >= 15 is 0 Å². The van der Waals surface area contributed by atoms with Gasteiger partial charge in [-0.1, -0.05) is 23.4 Å². The van der Waals surface area contributed by atoms with E-state index in [-0.39, 0.29) is 31.0 Å². The molecule has 3 aliphatic heterocycles. The van der Waals surface area contributed by atoms with Crippen molar-refractivity contribution in [3.8, 4) is 16.5 Å². The number of nitrogens with one attached hydrogen (secondary N) is 1. The fraction of sp³-hybridized carbons (Fsp3) is 0.368. The summed E-state index contributed by atoms with van der Waals surface area (Å²) in [7, 11) is 0. The second-order valence-corrected chi connectivity index (χ2v) is 14.3. The first-order chi connectivity index (χ1) is 25.4. The van der Waals surface area contributed by atoms with E-state index < -0.39 is 23.8 Å². The Labute approximate surface area is 304 Å². The zero-order chi connectivity index (χ0) is 35.6. The van der Waals surface area contributed by atoms with Gasteiger partial charge in [0.15, 0.2) is 10.8 Å². The molecule has 1 saturated carbocycles. The van der Waals surface area contributed by atoms with Crippen molar-refractivity contribution < 1.29 is 33.2 Å². The van der Waals surface area contributed by atoms with Gasteiger partial charge in [0.05, 0.1) is 17.2 Å². The summed E-state index contributed by atoms with van der Waals surface area (Å²) in [5.74, 6) is -0.449. The van der Waals surface area contributed by atoms with Gasteiger partial charge in [-0.05, 0) is 54.8 Å². The van der Waals surface area contributed by atoms with Crippen molar-refractivity contribution >= 4 is 52.8 Å². The number of hydrogen-bond acceptors (Lipinski definition) is 12. The Bertz CT molecular complexity index is 1980. The van der Waals surface area contributed by atoms with Crippen molar-refractivity contribution in [3.63, 3.8) is 0 Å². The number of nitrogens with zero attached hydrogens (tertiary/aromatic N) is 5. The first-order valence-corrected chi connectivity index (χ1v) is 18.5. The molecular formula is C38H38N6O7S. The molecule has 4 aliphatic rings. The molecule has 0 bridgehead atoms. The second kappa shape index (κ2) is 14.8. The standard InChI is InChI=1S/C38H38N6O7S/c45-34-11-10-32(35(46)40-34)44-37(47)30-9-6-26(21-31(30)38(44)48)43-16-14-42(15-17-43)13-1-18-49-28-22-29(23-28)50-27-7-3-24(4-8-27)2-5-25-20-33(51-41-25)36-39-12-19-52-36/h2-9,12,19-21,28-29,32H,1,10-11,13-18,22-23H2,(H,40,45,46)/b5-2+/t28-,29-,32?. The Morgan fingerprint density at radius 3 is 2.50 bits per heavy atom. The van der Waals surface area contributed by atoms with Crippen LogP contribution in [0.1, 0.15) is 64.1 Å². The summed E-state index contributed by atoms with van der Waals surface area (Å²) in [5, 5.41) is 9.04. The van der Waals surface area contributed by atoms with Crippen LogP contribution in [0.4, 0.5) is 5.69 Å². The summed E-state index contributed by atoms with van der Waals surface area (Å²) < 4.78 is 17.7. The largest absolute Gasteiger partial charge is 0.490 e. The van der Waals surface area contributed by atoms with Crippen LogP contribution >= 0.6 is 11.3 Å². The second-order valence-electron chi connectivity index (χ2n) is 13.4. The number of carbonyl (C=O) groups is 4. The normalized spacial score (nSPS) is 22.2. The number of amides is 4. The zero-order valence-electron chi connectivity index (χ0n) is 28.4. The number of piperazine rings is 1. The van der Waals surface area contributed by atoms with Gasteiger partial charge in [0, 0.05) is 81.9 Å². The maximum absolute atomic E-state index is 13.2. The number of thiazole rings is 1. The number of benzene rings is 2. The van der Waals surface area contributed by atoms with E-state index in [1.807, 2.05) is 53.9 Å². The van der Waals surface area contributed by atoms with Crippen molar-refractivity contribution in [3.05, 3.63) is 82.5 Å². The molecule has 4 aromatic rings. The highest BCUT2D eigenvalue weighted by Crippen LogP contribution is 2.32. The monoisotopic (exact) mass is 722 g/mol. The van der Waals surface area contributed by atoms with Crippen molar-refractivity contribution in [2.45, 2.75) is 50.4 Å². The minimum atomic E-state index is -0.963. The molecule has 0 spiro atoms. The van der Waals surface area contributed by atoms with Gasteiger partial charge in [-0.15, -0.1) is 11.3 Å². The number of imide groups is 2. The molecule has 8 rings (SSSR count). The fourth-order valence-electron chi connectivity index (χ4n) is 7.02. The average molecular weight is 723 g/mol. The van der Waals surface area contributed by atoms with E-state index in [1.165, 1.54) is 11.3 Å². The van der Waals surface area contributed by atoms with Gasteiger partial charge in [0.25, 0.3) is 11.8 Å². The molecule has 1 N–H and O–H groups in total. The van der Waals surface area contributed by atoms with Gasteiger partial charge < -0.3 is 18.9 Å². The third-order valence-corrected chi connectivity index (χ3v) is 10.8.